The molecule has 0 bridgehead atoms. The molecule has 1 amide bonds. The van der Waals surface area contributed by atoms with Crippen LogP contribution in [0.5, 0.6) is 17.2 Å². The molecule has 2 saturated heterocycles. The number of piperidine rings is 1. The molecule has 0 saturated carbocycles. The lowest BCUT2D eigenvalue weighted by Crippen LogP contribution is -2.43. The Morgan fingerprint density at radius 2 is 1.65 bits per heavy atom. The van der Waals surface area contributed by atoms with E-state index >= 15 is 0 Å². The van der Waals surface area contributed by atoms with E-state index in [-0.39, 0.29) is 17.8 Å². The van der Waals surface area contributed by atoms with Crippen LogP contribution in [0.3, 0.4) is 0 Å². The number of ether oxygens (including phenoxy) is 3. The summed E-state index contributed by atoms with van der Waals surface area (Å²) >= 11 is 0. The van der Waals surface area contributed by atoms with Gasteiger partial charge in [0.1, 0.15) is 11.6 Å². The summed E-state index contributed by atoms with van der Waals surface area (Å²) in [6, 6.07) is 22.8. The number of carbonyl (C=O) groups excluding carboxylic acids is 1. The zero-order valence-corrected chi connectivity index (χ0v) is 29.6. The van der Waals surface area contributed by atoms with Gasteiger partial charge in [-0.15, -0.1) is 0 Å². The van der Waals surface area contributed by atoms with Crippen LogP contribution in [0.4, 0.5) is 10.3 Å². The topological polar surface area (TPSA) is 94.2 Å². The molecule has 2 fully saturated rings. The Morgan fingerprint density at radius 3 is 2.33 bits per heavy atom. The maximum atomic E-state index is 14.4. The van der Waals surface area contributed by atoms with Gasteiger partial charge in [0.15, 0.2) is 11.5 Å². The van der Waals surface area contributed by atoms with Crippen molar-refractivity contribution in [3.8, 4) is 17.2 Å². The van der Waals surface area contributed by atoms with E-state index in [1.807, 2.05) is 59.5 Å². The minimum absolute atomic E-state index is 0.132. The summed E-state index contributed by atoms with van der Waals surface area (Å²) < 4.78 is 38.3. The first-order valence-electron chi connectivity index (χ1n) is 17.7. The number of hydrogen-bond acceptors (Lipinski definition) is 8. The predicted octanol–water partition coefficient (Wildman–Crippen LogP) is 6.77. The number of fused-ring (bicyclic) bond motifs is 1. The summed E-state index contributed by atoms with van der Waals surface area (Å²) in [6.07, 6.45) is 5.67. The van der Waals surface area contributed by atoms with Gasteiger partial charge in [0.05, 0.1) is 50.6 Å². The fourth-order valence-electron chi connectivity index (χ4n) is 7.73. The molecule has 2 aromatic heterocycles. The van der Waals surface area contributed by atoms with Gasteiger partial charge in [-0.3, -0.25) is 4.79 Å². The molecule has 0 aliphatic carbocycles. The number of hydrogen-bond donors (Lipinski definition) is 1. The fraction of sp³-hybridized carbons (Fsp3) is 0.400. The second-order valence-electron chi connectivity index (χ2n) is 13.7. The SMILES string of the molecule is COc1cc(CN2CCC(CCN3CCC(Nc4nc5ccccc5n4Cc4ccco4)CC3)(Cc3ccc(F)cc3)C2=O)cc(OC)c1OC. The van der Waals surface area contributed by atoms with Gasteiger partial charge < -0.3 is 38.3 Å². The minimum Gasteiger partial charge on any atom is -0.493 e. The number of methoxy groups -OCH3 is 3. The van der Waals surface area contributed by atoms with Crippen LogP contribution in [0.1, 0.15) is 42.6 Å². The van der Waals surface area contributed by atoms with Crippen LogP contribution in [0.15, 0.2) is 83.5 Å². The molecule has 2 aliphatic heterocycles. The highest BCUT2D eigenvalue weighted by molar-refractivity contribution is 5.85. The molecule has 2 aliphatic rings. The van der Waals surface area contributed by atoms with E-state index in [0.29, 0.717) is 43.3 Å². The highest BCUT2D eigenvalue weighted by Gasteiger charge is 2.46. The molecule has 0 radical (unpaired) electrons. The Bertz CT molecular complexity index is 1910. The molecule has 1 unspecified atom stereocenters. The number of amides is 1. The van der Waals surface area contributed by atoms with Gasteiger partial charge in [-0.25, -0.2) is 9.37 Å². The normalized spacial score (nSPS) is 18.4. The molecule has 268 valence electrons. The average Bonchev–Trinajstić information content (AvgIpc) is 3.87. The van der Waals surface area contributed by atoms with Crippen molar-refractivity contribution in [1.82, 2.24) is 19.4 Å². The molecule has 11 heteroatoms. The summed E-state index contributed by atoms with van der Waals surface area (Å²) in [5.41, 5.74) is 3.32. The first-order chi connectivity index (χ1) is 24.9. The van der Waals surface area contributed by atoms with Crippen molar-refractivity contribution in [3.05, 3.63) is 102 Å². The highest BCUT2D eigenvalue weighted by Crippen LogP contribution is 2.42. The third-order valence-electron chi connectivity index (χ3n) is 10.5. The summed E-state index contributed by atoms with van der Waals surface area (Å²) in [5.74, 6) is 3.23. The summed E-state index contributed by atoms with van der Waals surface area (Å²) in [7, 11) is 4.76. The zero-order chi connectivity index (χ0) is 35.4. The number of nitrogens with zero attached hydrogens (tertiary/aromatic N) is 4. The Labute approximate surface area is 298 Å². The number of rotatable bonds is 14. The molecule has 1 atom stereocenters. The number of aromatic nitrogens is 2. The Hall–Kier alpha value is -5.03. The van der Waals surface area contributed by atoms with Crippen molar-refractivity contribution in [2.75, 3.05) is 52.8 Å². The molecule has 3 aromatic carbocycles. The van der Waals surface area contributed by atoms with Gasteiger partial charge in [0, 0.05) is 32.2 Å². The lowest BCUT2D eigenvalue weighted by atomic mass is 9.77. The number of anilines is 1. The van der Waals surface area contributed by atoms with E-state index in [0.717, 1.165) is 79.2 Å². The lowest BCUT2D eigenvalue weighted by molar-refractivity contribution is -0.137. The van der Waals surface area contributed by atoms with Gasteiger partial charge in [-0.2, -0.15) is 0 Å². The van der Waals surface area contributed by atoms with E-state index in [2.05, 4.69) is 20.9 Å². The van der Waals surface area contributed by atoms with Crippen LogP contribution in [-0.2, 0) is 24.3 Å². The van der Waals surface area contributed by atoms with Crippen LogP contribution >= 0.6 is 0 Å². The van der Waals surface area contributed by atoms with Gasteiger partial charge in [-0.1, -0.05) is 24.3 Å². The molecule has 0 spiro atoms. The number of furan rings is 1. The minimum atomic E-state index is -0.579. The first kappa shape index (κ1) is 34.4. The largest absolute Gasteiger partial charge is 0.493 e. The first-order valence-corrected chi connectivity index (χ1v) is 17.7. The van der Waals surface area contributed by atoms with Crippen LogP contribution in [0.25, 0.3) is 11.0 Å². The van der Waals surface area contributed by atoms with Gasteiger partial charge in [0.2, 0.25) is 17.6 Å². The number of nitrogens with one attached hydrogen (secondary N) is 1. The van der Waals surface area contributed by atoms with Crippen molar-refractivity contribution < 1.29 is 27.8 Å². The number of benzene rings is 3. The van der Waals surface area contributed by atoms with Crippen LogP contribution in [0, 0.1) is 11.2 Å². The Balaban J connectivity index is 1.02. The van der Waals surface area contributed by atoms with Crippen LogP contribution in [0.2, 0.25) is 0 Å². The molecule has 1 N–H and O–H groups in total. The second kappa shape index (κ2) is 15.1. The maximum absolute atomic E-state index is 14.4. The monoisotopic (exact) mass is 695 g/mol. The van der Waals surface area contributed by atoms with Gasteiger partial charge in [0.25, 0.3) is 0 Å². The quantitative estimate of drug-likeness (QED) is 0.136. The molecular weight excluding hydrogens is 649 g/mol. The summed E-state index contributed by atoms with van der Waals surface area (Å²) in [6.45, 7) is 4.34. The van der Waals surface area contributed by atoms with Crippen molar-refractivity contribution in [2.24, 2.45) is 5.41 Å². The van der Waals surface area contributed by atoms with E-state index in [4.69, 9.17) is 23.6 Å². The van der Waals surface area contributed by atoms with Gasteiger partial charge in [-0.05, 0) is 98.3 Å². The maximum Gasteiger partial charge on any atom is 0.229 e. The lowest BCUT2D eigenvalue weighted by Gasteiger charge is -2.35. The third-order valence-corrected chi connectivity index (χ3v) is 10.5. The molecule has 7 rings (SSSR count). The smallest absolute Gasteiger partial charge is 0.229 e. The molecule has 5 aromatic rings. The molecule has 51 heavy (non-hydrogen) atoms. The van der Waals surface area contributed by atoms with Crippen LogP contribution in [-0.4, -0.2) is 78.8 Å². The zero-order valence-electron chi connectivity index (χ0n) is 29.6. The highest BCUT2D eigenvalue weighted by atomic mass is 19.1. The number of halogens is 1. The average molecular weight is 696 g/mol. The van der Waals surface area contributed by atoms with E-state index < -0.39 is 5.41 Å². The standard InChI is InChI=1S/C40H46FN5O5/c1-48-35-23-29(24-36(49-2)37(35)50-3)26-45-21-17-40(38(45)47,25-28-10-12-30(41)13-11-28)16-20-44-18-14-31(15-19-44)42-39-43-33-8-4-5-9-34(33)46(39)27-32-7-6-22-51-32/h4-13,22-24,31H,14-21,25-27H2,1-3H3,(H,42,43). The van der Waals surface area contributed by atoms with Crippen molar-refractivity contribution in [3.63, 3.8) is 0 Å². The fourth-order valence-corrected chi connectivity index (χ4v) is 7.73. The molecule has 4 heterocycles. The number of para-hydroxylation sites is 2. The van der Waals surface area contributed by atoms with Gasteiger partial charge >= 0.3 is 0 Å². The Morgan fingerprint density at radius 1 is 0.902 bits per heavy atom. The van der Waals surface area contributed by atoms with E-state index in [1.165, 1.54) is 12.1 Å². The second-order valence-corrected chi connectivity index (χ2v) is 13.7. The van der Waals surface area contributed by atoms with Crippen molar-refractivity contribution in [2.45, 2.75) is 51.2 Å². The Kier molecular flexibility index (Phi) is 10.2. The molecular formula is C40H46FN5O5. The summed E-state index contributed by atoms with van der Waals surface area (Å²) in [5, 5.41) is 3.74. The predicted molar refractivity (Wildman–Crippen MR) is 194 cm³/mol. The summed E-state index contributed by atoms with van der Waals surface area (Å²) in [4.78, 5) is 23.8. The van der Waals surface area contributed by atoms with E-state index in [9.17, 15) is 9.18 Å². The van der Waals surface area contributed by atoms with Crippen LogP contribution < -0.4 is 19.5 Å². The molecule has 10 nitrogen and oxygen atoms in total. The number of likely N-dealkylation sites (tertiary alicyclic amines) is 2. The van der Waals surface area contributed by atoms with Crippen molar-refractivity contribution >= 4 is 22.9 Å². The van der Waals surface area contributed by atoms with E-state index in [1.54, 1.807) is 27.6 Å². The van der Waals surface area contributed by atoms with Crippen molar-refractivity contribution in [1.29, 1.82) is 0 Å². The third kappa shape index (κ3) is 7.39. The number of carbonyl (C=O) groups is 1. The number of imidazole rings is 1.